The van der Waals surface area contributed by atoms with Crippen molar-refractivity contribution in [2.45, 2.75) is 45.7 Å². The molecule has 0 amide bonds. The average molecular weight is 448 g/mol. The fourth-order valence-electron chi connectivity index (χ4n) is 4.03. The average Bonchev–Trinajstić information content (AvgIpc) is 2.77. The molecule has 2 aromatic carbocycles. The maximum Gasteiger partial charge on any atom is 0.416 e. The lowest BCUT2D eigenvalue weighted by Gasteiger charge is -2.27. The number of aliphatic hydroxyl groups excluding tert-OH is 1. The zero-order chi connectivity index (χ0) is 23.7. The number of rotatable bonds is 6. The van der Waals surface area contributed by atoms with Gasteiger partial charge in [0.05, 0.1) is 5.56 Å². The van der Waals surface area contributed by atoms with Gasteiger partial charge in [0.2, 0.25) is 0 Å². The maximum atomic E-state index is 13.3. The molecule has 1 unspecified atom stereocenters. The fourth-order valence-corrected chi connectivity index (χ4v) is 4.03. The van der Waals surface area contributed by atoms with Crippen LogP contribution in [0.4, 0.5) is 13.2 Å². The highest BCUT2D eigenvalue weighted by Gasteiger charge is 2.33. The minimum atomic E-state index is -4.40. The second-order valence-corrected chi connectivity index (χ2v) is 7.73. The van der Waals surface area contributed by atoms with Gasteiger partial charge in [0.25, 0.3) is 0 Å². The summed E-state index contributed by atoms with van der Waals surface area (Å²) in [6.07, 6.45) is -1.41. The summed E-state index contributed by atoms with van der Waals surface area (Å²) in [5, 5.41) is 9.60. The van der Waals surface area contributed by atoms with Crippen molar-refractivity contribution in [2.24, 2.45) is 5.92 Å². The van der Waals surface area contributed by atoms with Crippen LogP contribution in [0, 0.1) is 12.8 Å². The van der Waals surface area contributed by atoms with Crippen molar-refractivity contribution in [3.8, 4) is 5.75 Å². The molecule has 32 heavy (non-hydrogen) atoms. The Bertz CT molecular complexity index is 973. The molecule has 172 valence electrons. The molecule has 1 atom stereocenters. The first kappa shape index (κ1) is 25.4. The van der Waals surface area contributed by atoms with Crippen LogP contribution < -0.4 is 4.74 Å². The summed E-state index contributed by atoms with van der Waals surface area (Å²) >= 11 is 0. The predicted octanol–water partition coefficient (Wildman–Crippen LogP) is 5.62. The summed E-state index contributed by atoms with van der Waals surface area (Å²) in [5.41, 5.74) is 4.19. The van der Waals surface area contributed by atoms with Crippen LogP contribution in [-0.2, 0) is 22.2 Å². The molecule has 0 bridgehead atoms. The van der Waals surface area contributed by atoms with Gasteiger partial charge in [0.1, 0.15) is 12.4 Å². The number of hydrogen-bond donors (Lipinski definition) is 1. The molecule has 4 nitrogen and oxygen atoms in total. The standard InChI is InChI=1S/C24H27F3O2.CO2/c1-3-18-9-10-20(13-23(18)24(25,26)27)29-15-19-12-17(14-28)8-11-22(19)21-7-5-4-6-16(21)2;2-1-3/h4-7,9-10,13,17,28H,3,8,11-12,14-15H2,1-2H3;. The molecule has 0 aromatic heterocycles. The van der Waals surface area contributed by atoms with E-state index in [9.17, 15) is 18.3 Å². The quantitative estimate of drug-likeness (QED) is 0.623. The van der Waals surface area contributed by atoms with Crippen molar-refractivity contribution in [3.63, 3.8) is 0 Å². The molecule has 1 aliphatic rings. The monoisotopic (exact) mass is 448 g/mol. The molecule has 1 N–H and O–H groups in total. The Morgan fingerprint density at radius 2 is 1.84 bits per heavy atom. The molecule has 2 aromatic rings. The van der Waals surface area contributed by atoms with E-state index in [2.05, 4.69) is 19.1 Å². The lowest BCUT2D eigenvalue weighted by atomic mass is 9.81. The van der Waals surface area contributed by atoms with Crippen LogP contribution in [-0.4, -0.2) is 24.5 Å². The van der Waals surface area contributed by atoms with Crippen molar-refractivity contribution in [2.75, 3.05) is 13.2 Å². The number of hydrogen-bond acceptors (Lipinski definition) is 4. The minimum absolute atomic E-state index is 0.105. The van der Waals surface area contributed by atoms with E-state index in [4.69, 9.17) is 14.3 Å². The van der Waals surface area contributed by atoms with Gasteiger partial charge in [-0.3, -0.25) is 0 Å². The second kappa shape index (κ2) is 11.7. The maximum absolute atomic E-state index is 13.3. The SMILES string of the molecule is CCc1ccc(OCC2=C(c3ccccc3C)CCC(CO)C2)cc1C(F)(F)F.O=C=O. The molecule has 1 aliphatic carbocycles. The van der Waals surface area contributed by atoms with Crippen LogP contribution in [0.25, 0.3) is 5.57 Å². The number of halogens is 3. The summed E-state index contributed by atoms with van der Waals surface area (Å²) in [7, 11) is 0. The van der Waals surface area contributed by atoms with Crippen LogP contribution in [0.2, 0.25) is 0 Å². The third kappa shape index (κ3) is 6.55. The lowest BCUT2D eigenvalue weighted by Crippen LogP contribution is -2.18. The van der Waals surface area contributed by atoms with Crippen molar-refractivity contribution in [3.05, 3.63) is 70.3 Å². The largest absolute Gasteiger partial charge is 0.489 e. The number of allylic oxidation sites excluding steroid dienone is 1. The third-order valence-corrected chi connectivity index (χ3v) is 5.67. The summed E-state index contributed by atoms with van der Waals surface area (Å²) in [5.74, 6) is 0.381. The van der Waals surface area contributed by atoms with E-state index in [-0.39, 0.29) is 36.6 Å². The Morgan fingerprint density at radius 1 is 1.16 bits per heavy atom. The molecule has 0 spiro atoms. The first-order chi connectivity index (χ1) is 15.2. The third-order valence-electron chi connectivity index (χ3n) is 5.67. The molecule has 0 saturated heterocycles. The van der Waals surface area contributed by atoms with E-state index in [1.54, 1.807) is 13.0 Å². The number of aliphatic hydroxyl groups is 1. The van der Waals surface area contributed by atoms with Gasteiger partial charge in [0.15, 0.2) is 0 Å². The van der Waals surface area contributed by atoms with E-state index >= 15 is 0 Å². The number of benzene rings is 2. The van der Waals surface area contributed by atoms with Gasteiger partial charge in [-0.05, 0) is 78.5 Å². The van der Waals surface area contributed by atoms with Gasteiger partial charge in [-0.2, -0.15) is 22.8 Å². The first-order valence-electron chi connectivity index (χ1n) is 10.4. The normalized spacial score (nSPS) is 16.1. The molecular formula is C25H27F3O4. The zero-order valence-electron chi connectivity index (χ0n) is 18.2. The summed E-state index contributed by atoms with van der Waals surface area (Å²) in [6, 6.07) is 12.3. The highest BCUT2D eigenvalue weighted by Crippen LogP contribution is 2.38. The van der Waals surface area contributed by atoms with E-state index in [1.165, 1.54) is 11.6 Å². The van der Waals surface area contributed by atoms with Gasteiger partial charge in [-0.1, -0.05) is 37.3 Å². The molecule has 0 radical (unpaired) electrons. The molecule has 0 aliphatic heterocycles. The second-order valence-electron chi connectivity index (χ2n) is 7.73. The Hall–Kier alpha value is -2.89. The number of carbonyl (C=O) groups excluding carboxylic acids is 2. The van der Waals surface area contributed by atoms with Gasteiger partial charge < -0.3 is 9.84 Å². The molecule has 0 heterocycles. The van der Waals surface area contributed by atoms with Crippen LogP contribution in [0.3, 0.4) is 0 Å². The van der Waals surface area contributed by atoms with Gasteiger partial charge >= 0.3 is 12.3 Å². The minimum Gasteiger partial charge on any atom is -0.489 e. The van der Waals surface area contributed by atoms with E-state index in [1.807, 2.05) is 12.1 Å². The van der Waals surface area contributed by atoms with Gasteiger partial charge in [-0.25, -0.2) is 0 Å². The summed E-state index contributed by atoms with van der Waals surface area (Å²) < 4.78 is 45.9. The molecule has 0 saturated carbocycles. The van der Waals surface area contributed by atoms with Crippen LogP contribution in [0.15, 0.2) is 48.0 Å². The van der Waals surface area contributed by atoms with Gasteiger partial charge in [0, 0.05) is 6.61 Å². The Labute approximate surface area is 185 Å². The summed E-state index contributed by atoms with van der Waals surface area (Å²) in [6.45, 7) is 4.09. The van der Waals surface area contributed by atoms with E-state index in [0.29, 0.717) is 12.8 Å². The topological polar surface area (TPSA) is 63.6 Å². The number of aryl methyl sites for hydroxylation is 2. The van der Waals surface area contributed by atoms with Crippen LogP contribution in [0.1, 0.15) is 48.4 Å². The Morgan fingerprint density at radius 3 is 2.44 bits per heavy atom. The van der Waals surface area contributed by atoms with E-state index in [0.717, 1.165) is 35.6 Å². The highest BCUT2D eigenvalue weighted by molar-refractivity contribution is 5.72. The first-order valence-corrected chi connectivity index (χ1v) is 10.4. The Balaban J connectivity index is 0.00000114. The number of ether oxygens (including phenoxy) is 1. The number of alkyl halides is 3. The Kier molecular flexibility index (Phi) is 9.24. The van der Waals surface area contributed by atoms with Crippen molar-refractivity contribution in [1.82, 2.24) is 0 Å². The molecule has 7 heteroatoms. The zero-order valence-corrected chi connectivity index (χ0v) is 18.2. The van der Waals surface area contributed by atoms with E-state index < -0.39 is 11.7 Å². The van der Waals surface area contributed by atoms with Crippen LogP contribution >= 0.6 is 0 Å². The molecule has 0 fully saturated rings. The fraction of sp³-hybridized carbons (Fsp3) is 0.400. The predicted molar refractivity (Wildman–Crippen MR) is 114 cm³/mol. The van der Waals surface area contributed by atoms with Crippen molar-refractivity contribution < 1.29 is 32.6 Å². The van der Waals surface area contributed by atoms with Gasteiger partial charge in [-0.15, -0.1) is 0 Å². The smallest absolute Gasteiger partial charge is 0.416 e. The van der Waals surface area contributed by atoms with Crippen LogP contribution in [0.5, 0.6) is 5.75 Å². The highest BCUT2D eigenvalue weighted by atomic mass is 19.4. The molecule has 3 rings (SSSR count). The molecular weight excluding hydrogens is 421 g/mol. The summed E-state index contributed by atoms with van der Waals surface area (Å²) in [4.78, 5) is 16.2. The van der Waals surface area contributed by atoms with Crippen molar-refractivity contribution >= 4 is 11.7 Å². The lowest BCUT2D eigenvalue weighted by molar-refractivity contribution is -0.191. The van der Waals surface area contributed by atoms with Crippen molar-refractivity contribution in [1.29, 1.82) is 0 Å².